The van der Waals surface area contributed by atoms with E-state index in [4.69, 9.17) is 14.2 Å². The van der Waals surface area contributed by atoms with Gasteiger partial charge in [0.2, 0.25) is 5.91 Å². The predicted octanol–water partition coefficient (Wildman–Crippen LogP) is 3.31. The van der Waals surface area contributed by atoms with Crippen molar-refractivity contribution >= 4 is 17.9 Å². The highest BCUT2D eigenvalue weighted by Gasteiger charge is 2.35. The summed E-state index contributed by atoms with van der Waals surface area (Å²) >= 11 is 0. The van der Waals surface area contributed by atoms with Gasteiger partial charge in [-0.05, 0) is 59.9 Å². The lowest BCUT2D eigenvalue weighted by atomic mass is 9.87. The topological polar surface area (TPSA) is 110 Å². The molecule has 5 heterocycles. The number of pyridine rings is 1. The third kappa shape index (κ3) is 5.22. The van der Waals surface area contributed by atoms with E-state index in [9.17, 15) is 14.4 Å². The molecule has 1 fully saturated rings. The van der Waals surface area contributed by atoms with Crippen molar-refractivity contribution in [2.45, 2.75) is 18.9 Å². The van der Waals surface area contributed by atoms with E-state index in [2.05, 4.69) is 10.3 Å². The Balaban J connectivity index is 1.38. The van der Waals surface area contributed by atoms with Gasteiger partial charge in [0.1, 0.15) is 30.4 Å². The molecule has 39 heavy (non-hydrogen) atoms. The molecule has 2 aromatic carbocycles. The maximum absolute atomic E-state index is 13.5. The summed E-state index contributed by atoms with van der Waals surface area (Å²) in [5.74, 6) is 1.39. The van der Waals surface area contributed by atoms with Gasteiger partial charge in [0.15, 0.2) is 0 Å². The SMILES string of the molecule is O=C1NCCCOc2cccc(c2)C2c3ccc(cc3CCN2C(=O)CN2CCOC2=O)Oc2cncc1c2. The fourth-order valence-electron chi connectivity index (χ4n) is 5.19. The van der Waals surface area contributed by atoms with E-state index in [1.807, 2.05) is 47.4 Å². The van der Waals surface area contributed by atoms with Crippen LogP contribution in [0, 0.1) is 0 Å². The van der Waals surface area contributed by atoms with E-state index < -0.39 is 6.09 Å². The van der Waals surface area contributed by atoms with Gasteiger partial charge in [-0.25, -0.2) is 4.79 Å². The minimum Gasteiger partial charge on any atom is -0.494 e. The van der Waals surface area contributed by atoms with E-state index in [1.54, 1.807) is 12.3 Å². The number of nitrogens with zero attached hydrogens (tertiary/aromatic N) is 3. The van der Waals surface area contributed by atoms with Gasteiger partial charge in [-0.3, -0.25) is 19.5 Å². The third-order valence-corrected chi connectivity index (χ3v) is 7.09. The first-order chi connectivity index (χ1) is 19.0. The Morgan fingerprint density at radius 2 is 1.90 bits per heavy atom. The van der Waals surface area contributed by atoms with Crippen LogP contribution >= 0.6 is 0 Å². The number of amides is 3. The number of hydrogen-bond acceptors (Lipinski definition) is 7. The largest absolute Gasteiger partial charge is 0.494 e. The smallest absolute Gasteiger partial charge is 0.410 e. The number of ether oxygens (including phenoxy) is 3. The van der Waals surface area contributed by atoms with Crippen LogP contribution in [0.5, 0.6) is 17.2 Å². The second-order valence-corrected chi connectivity index (χ2v) is 9.68. The Morgan fingerprint density at radius 1 is 0.974 bits per heavy atom. The highest BCUT2D eigenvalue weighted by atomic mass is 16.6. The van der Waals surface area contributed by atoms with Crippen LogP contribution in [0.3, 0.4) is 0 Å². The molecule has 0 radical (unpaired) electrons. The maximum atomic E-state index is 13.5. The van der Waals surface area contributed by atoms with Gasteiger partial charge in [0, 0.05) is 19.3 Å². The van der Waals surface area contributed by atoms with E-state index in [1.165, 1.54) is 11.1 Å². The Hall–Kier alpha value is -4.60. The summed E-state index contributed by atoms with van der Waals surface area (Å²) in [6.07, 6.45) is 3.85. The summed E-state index contributed by atoms with van der Waals surface area (Å²) in [6.45, 7) is 2.00. The molecule has 3 aromatic rings. The predicted molar refractivity (Wildman–Crippen MR) is 140 cm³/mol. The molecule has 8 bridgehead atoms. The van der Waals surface area contributed by atoms with Crippen LogP contribution in [0.25, 0.3) is 0 Å². The number of fused-ring (bicyclic) bond motifs is 6. The van der Waals surface area contributed by atoms with Crippen LogP contribution in [-0.4, -0.2) is 72.1 Å². The molecular formula is C29H28N4O6. The van der Waals surface area contributed by atoms with E-state index in [-0.39, 0.29) is 24.4 Å². The summed E-state index contributed by atoms with van der Waals surface area (Å²) in [5, 5.41) is 2.89. The molecule has 10 nitrogen and oxygen atoms in total. The van der Waals surface area contributed by atoms with Crippen molar-refractivity contribution in [3.63, 3.8) is 0 Å². The van der Waals surface area contributed by atoms with Crippen molar-refractivity contribution in [1.29, 1.82) is 0 Å². The lowest BCUT2D eigenvalue weighted by molar-refractivity contribution is -0.133. The highest BCUT2D eigenvalue weighted by molar-refractivity contribution is 5.94. The molecule has 3 amide bonds. The number of nitrogens with one attached hydrogen (secondary N) is 1. The fraction of sp³-hybridized carbons (Fsp3) is 0.310. The first-order valence-corrected chi connectivity index (χ1v) is 13.0. The van der Waals surface area contributed by atoms with Gasteiger partial charge in [-0.1, -0.05) is 18.2 Å². The molecule has 1 N–H and O–H groups in total. The number of rotatable bonds is 2. The zero-order valence-corrected chi connectivity index (χ0v) is 21.3. The first kappa shape index (κ1) is 24.7. The average molecular weight is 529 g/mol. The number of aromatic nitrogens is 1. The molecule has 200 valence electrons. The Bertz CT molecular complexity index is 1430. The summed E-state index contributed by atoms with van der Waals surface area (Å²) < 4.78 is 17.1. The maximum Gasteiger partial charge on any atom is 0.410 e. The fourth-order valence-corrected chi connectivity index (χ4v) is 5.19. The average Bonchev–Trinajstić information content (AvgIpc) is 3.35. The quantitative estimate of drug-likeness (QED) is 0.543. The molecule has 4 aliphatic heterocycles. The second kappa shape index (κ2) is 10.6. The van der Waals surface area contributed by atoms with E-state index in [0.29, 0.717) is 68.5 Å². The van der Waals surface area contributed by atoms with Crippen molar-refractivity contribution < 1.29 is 28.6 Å². The minimum atomic E-state index is -0.461. The normalized spacial score (nSPS) is 18.8. The summed E-state index contributed by atoms with van der Waals surface area (Å²) in [7, 11) is 0. The van der Waals surface area contributed by atoms with Gasteiger partial charge in [0.25, 0.3) is 5.91 Å². The molecule has 0 saturated carbocycles. The molecule has 0 aliphatic carbocycles. The van der Waals surface area contributed by atoms with Crippen molar-refractivity contribution in [2.75, 3.05) is 39.4 Å². The summed E-state index contributed by atoms with van der Waals surface area (Å²) in [5.41, 5.74) is 3.36. The molecule has 1 unspecified atom stereocenters. The number of carbonyl (C=O) groups excluding carboxylic acids is 3. The molecule has 10 heteroatoms. The van der Waals surface area contributed by atoms with Gasteiger partial charge in [-0.2, -0.15) is 0 Å². The van der Waals surface area contributed by atoms with Crippen LogP contribution in [0.15, 0.2) is 60.9 Å². The van der Waals surface area contributed by atoms with Crippen LogP contribution < -0.4 is 14.8 Å². The van der Waals surface area contributed by atoms with Crippen LogP contribution in [-0.2, 0) is 16.0 Å². The molecular weight excluding hydrogens is 500 g/mol. The number of benzene rings is 2. The third-order valence-electron chi connectivity index (χ3n) is 7.09. The van der Waals surface area contributed by atoms with Crippen molar-refractivity contribution in [3.8, 4) is 17.2 Å². The summed E-state index contributed by atoms with van der Waals surface area (Å²) in [6, 6.07) is 14.8. The molecule has 1 aromatic heterocycles. The monoisotopic (exact) mass is 528 g/mol. The lowest BCUT2D eigenvalue weighted by Gasteiger charge is -2.38. The van der Waals surface area contributed by atoms with Gasteiger partial charge < -0.3 is 24.4 Å². The van der Waals surface area contributed by atoms with Crippen LogP contribution in [0.4, 0.5) is 4.79 Å². The Kier molecular flexibility index (Phi) is 6.75. The van der Waals surface area contributed by atoms with Gasteiger partial charge in [-0.15, -0.1) is 0 Å². The van der Waals surface area contributed by atoms with Gasteiger partial charge in [0.05, 0.1) is 31.0 Å². The summed E-state index contributed by atoms with van der Waals surface area (Å²) in [4.78, 5) is 45.6. The van der Waals surface area contributed by atoms with E-state index in [0.717, 1.165) is 16.7 Å². The van der Waals surface area contributed by atoms with Crippen molar-refractivity contribution in [3.05, 3.63) is 83.2 Å². The number of cyclic esters (lactones) is 1. The van der Waals surface area contributed by atoms with E-state index >= 15 is 0 Å². The Labute approximate surface area is 225 Å². The molecule has 1 atom stereocenters. The standard InChI is InChI=1S/C29H28N4O6/c34-26(18-32-10-12-38-29(32)36)33-9-7-19-13-23-5-6-25(19)27(33)20-3-1-4-22(14-20)37-11-2-8-31-28(35)21-15-24(39-23)17-30-16-21/h1,3-6,13-17,27H,2,7-12,18H2,(H,31,35). The number of carbonyl (C=O) groups is 3. The first-order valence-electron chi connectivity index (χ1n) is 13.0. The molecule has 0 spiro atoms. The molecule has 4 aliphatic rings. The van der Waals surface area contributed by atoms with Crippen LogP contribution in [0.1, 0.15) is 39.5 Å². The minimum absolute atomic E-state index is 0.0306. The molecule has 1 saturated heterocycles. The van der Waals surface area contributed by atoms with Gasteiger partial charge >= 0.3 is 6.09 Å². The zero-order valence-electron chi connectivity index (χ0n) is 21.3. The highest BCUT2D eigenvalue weighted by Crippen LogP contribution is 2.38. The Morgan fingerprint density at radius 3 is 2.77 bits per heavy atom. The molecule has 7 rings (SSSR count). The van der Waals surface area contributed by atoms with Crippen molar-refractivity contribution in [2.24, 2.45) is 0 Å². The lowest BCUT2D eigenvalue weighted by Crippen LogP contribution is -2.45. The van der Waals surface area contributed by atoms with Crippen molar-refractivity contribution in [1.82, 2.24) is 20.1 Å². The second-order valence-electron chi connectivity index (χ2n) is 9.68. The number of hydrogen-bond donors (Lipinski definition) is 1. The van der Waals surface area contributed by atoms with Crippen LogP contribution in [0.2, 0.25) is 0 Å². The zero-order chi connectivity index (χ0) is 26.8.